The van der Waals surface area contributed by atoms with E-state index in [0.717, 1.165) is 5.69 Å². The minimum Gasteiger partial charge on any atom is -0.399 e. The maximum atomic E-state index is 11.7. The molecule has 0 amide bonds. The van der Waals surface area contributed by atoms with Gasteiger partial charge in [0.2, 0.25) is 0 Å². The van der Waals surface area contributed by atoms with Crippen LogP contribution in [0.5, 0.6) is 0 Å². The number of anilines is 1. The van der Waals surface area contributed by atoms with Crippen molar-refractivity contribution < 1.29 is 0 Å². The number of nitrogens with zero attached hydrogens (tertiary/aromatic N) is 3. The fourth-order valence-corrected chi connectivity index (χ4v) is 1.41. The Bertz CT molecular complexity index is 526. The van der Waals surface area contributed by atoms with Crippen LogP contribution in [-0.4, -0.2) is 14.3 Å². The average molecular weight is 204 g/mol. The predicted molar refractivity (Wildman–Crippen MR) is 57.9 cm³/mol. The zero-order valence-corrected chi connectivity index (χ0v) is 8.42. The maximum absolute atomic E-state index is 11.7. The van der Waals surface area contributed by atoms with Crippen LogP contribution in [0.4, 0.5) is 5.69 Å². The zero-order valence-electron chi connectivity index (χ0n) is 8.42. The van der Waals surface area contributed by atoms with Gasteiger partial charge in [0.1, 0.15) is 6.33 Å². The second-order valence-corrected chi connectivity index (χ2v) is 3.19. The van der Waals surface area contributed by atoms with E-state index in [4.69, 9.17) is 5.73 Å². The van der Waals surface area contributed by atoms with Crippen LogP contribution in [0, 0.1) is 0 Å². The quantitative estimate of drug-likeness (QED) is 0.730. The molecule has 0 saturated carbocycles. The number of aromatic nitrogens is 3. The standard InChI is InChI=1S/C10H12N4O/c1-2-14-10(15)13(7-12-14)9-5-3-4-8(11)6-9/h3-7H,2,11H2,1H3. The van der Waals surface area contributed by atoms with Gasteiger partial charge in [0.25, 0.3) is 0 Å². The van der Waals surface area contributed by atoms with Crippen molar-refractivity contribution in [3.8, 4) is 5.69 Å². The molecule has 0 atom stereocenters. The summed E-state index contributed by atoms with van der Waals surface area (Å²) in [5.74, 6) is 0. The second kappa shape index (κ2) is 3.61. The van der Waals surface area contributed by atoms with E-state index < -0.39 is 0 Å². The fourth-order valence-electron chi connectivity index (χ4n) is 1.41. The summed E-state index contributed by atoms with van der Waals surface area (Å²) in [6.07, 6.45) is 1.50. The Hall–Kier alpha value is -2.04. The van der Waals surface area contributed by atoms with Gasteiger partial charge >= 0.3 is 5.69 Å². The molecule has 0 fully saturated rings. The Kier molecular flexibility index (Phi) is 2.29. The number of nitrogens with two attached hydrogens (primary N) is 1. The van der Waals surface area contributed by atoms with Gasteiger partial charge in [0.15, 0.2) is 0 Å². The Labute approximate surface area is 86.8 Å². The molecule has 15 heavy (non-hydrogen) atoms. The van der Waals surface area contributed by atoms with Gasteiger partial charge in [0, 0.05) is 12.2 Å². The lowest BCUT2D eigenvalue weighted by atomic mass is 10.3. The summed E-state index contributed by atoms with van der Waals surface area (Å²) in [7, 11) is 0. The van der Waals surface area contributed by atoms with Crippen molar-refractivity contribution in [1.29, 1.82) is 0 Å². The molecule has 1 heterocycles. The summed E-state index contributed by atoms with van der Waals surface area (Å²) in [6, 6.07) is 7.14. The lowest BCUT2D eigenvalue weighted by Crippen LogP contribution is -2.23. The van der Waals surface area contributed by atoms with Crippen molar-refractivity contribution in [2.75, 3.05) is 5.73 Å². The van der Waals surface area contributed by atoms with Crippen LogP contribution in [0.1, 0.15) is 6.92 Å². The van der Waals surface area contributed by atoms with Crippen LogP contribution in [0.25, 0.3) is 5.69 Å². The van der Waals surface area contributed by atoms with E-state index in [9.17, 15) is 4.79 Å². The Morgan fingerprint density at radius 3 is 2.87 bits per heavy atom. The predicted octanol–water partition coefficient (Wildman–Crippen LogP) is 0.636. The number of aryl methyl sites for hydroxylation is 1. The van der Waals surface area contributed by atoms with Gasteiger partial charge in [-0.05, 0) is 25.1 Å². The van der Waals surface area contributed by atoms with E-state index in [2.05, 4.69) is 5.10 Å². The highest BCUT2D eigenvalue weighted by Crippen LogP contribution is 2.09. The summed E-state index contributed by atoms with van der Waals surface area (Å²) in [6.45, 7) is 2.44. The van der Waals surface area contributed by atoms with Gasteiger partial charge in [-0.3, -0.25) is 0 Å². The topological polar surface area (TPSA) is 65.8 Å². The first-order chi connectivity index (χ1) is 7.22. The SMILES string of the molecule is CCn1ncn(-c2cccc(N)c2)c1=O. The first kappa shape index (κ1) is 9.51. The molecule has 1 aromatic carbocycles. The molecule has 2 N–H and O–H groups in total. The van der Waals surface area contributed by atoms with E-state index in [0.29, 0.717) is 12.2 Å². The summed E-state index contributed by atoms with van der Waals surface area (Å²) >= 11 is 0. The van der Waals surface area contributed by atoms with Crippen LogP contribution in [0.2, 0.25) is 0 Å². The van der Waals surface area contributed by atoms with E-state index in [1.54, 1.807) is 18.2 Å². The summed E-state index contributed by atoms with van der Waals surface area (Å²) in [4.78, 5) is 11.7. The Morgan fingerprint density at radius 1 is 1.47 bits per heavy atom. The largest absolute Gasteiger partial charge is 0.399 e. The summed E-state index contributed by atoms with van der Waals surface area (Å²) in [5.41, 5.74) is 6.86. The molecule has 0 aliphatic rings. The van der Waals surface area contributed by atoms with E-state index in [1.807, 2.05) is 13.0 Å². The lowest BCUT2D eigenvalue weighted by Gasteiger charge is -2.00. The Balaban J connectivity index is 2.55. The molecule has 2 aromatic rings. The van der Waals surface area contributed by atoms with Crippen LogP contribution < -0.4 is 11.4 Å². The van der Waals surface area contributed by atoms with Gasteiger partial charge in [-0.25, -0.2) is 14.0 Å². The third-order valence-electron chi connectivity index (χ3n) is 2.18. The molecule has 0 radical (unpaired) electrons. The number of nitrogen functional groups attached to an aromatic ring is 1. The van der Waals surface area contributed by atoms with E-state index >= 15 is 0 Å². The maximum Gasteiger partial charge on any atom is 0.350 e. The molecule has 1 aromatic heterocycles. The Morgan fingerprint density at radius 2 is 2.27 bits per heavy atom. The molecule has 5 nitrogen and oxygen atoms in total. The molecule has 0 unspecified atom stereocenters. The molecule has 0 spiro atoms. The molecule has 0 saturated heterocycles. The van der Waals surface area contributed by atoms with Crippen LogP contribution in [0.15, 0.2) is 35.4 Å². The van der Waals surface area contributed by atoms with Crippen LogP contribution in [-0.2, 0) is 6.54 Å². The first-order valence-electron chi connectivity index (χ1n) is 4.72. The molecule has 0 aliphatic heterocycles. The number of hydrogen-bond donors (Lipinski definition) is 1. The van der Waals surface area contributed by atoms with Crippen LogP contribution >= 0.6 is 0 Å². The van der Waals surface area contributed by atoms with E-state index in [1.165, 1.54) is 15.6 Å². The molecule has 5 heteroatoms. The minimum absolute atomic E-state index is 0.150. The van der Waals surface area contributed by atoms with Crippen molar-refractivity contribution in [3.05, 3.63) is 41.1 Å². The average Bonchev–Trinajstić information content (AvgIpc) is 2.59. The minimum atomic E-state index is -0.150. The third-order valence-corrected chi connectivity index (χ3v) is 2.18. The van der Waals surface area contributed by atoms with Gasteiger partial charge in [-0.15, -0.1) is 0 Å². The number of benzene rings is 1. The van der Waals surface area contributed by atoms with E-state index in [-0.39, 0.29) is 5.69 Å². The first-order valence-corrected chi connectivity index (χ1v) is 4.72. The van der Waals surface area contributed by atoms with Crippen molar-refractivity contribution in [3.63, 3.8) is 0 Å². The highest BCUT2D eigenvalue weighted by atomic mass is 16.2. The summed E-state index contributed by atoms with van der Waals surface area (Å²) < 4.78 is 2.86. The van der Waals surface area contributed by atoms with Crippen molar-refractivity contribution in [1.82, 2.24) is 14.3 Å². The normalized spacial score (nSPS) is 10.5. The highest BCUT2D eigenvalue weighted by molar-refractivity contribution is 5.47. The number of hydrogen-bond acceptors (Lipinski definition) is 3. The number of rotatable bonds is 2. The monoisotopic (exact) mass is 204 g/mol. The van der Waals surface area contributed by atoms with Gasteiger partial charge < -0.3 is 5.73 Å². The van der Waals surface area contributed by atoms with Gasteiger partial charge in [-0.2, -0.15) is 5.10 Å². The molecular weight excluding hydrogens is 192 g/mol. The van der Waals surface area contributed by atoms with Crippen molar-refractivity contribution in [2.45, 2.75) is 13.5 Å². The highest BCUT2D eigenvalue weighted by Gasteiger charge is 2.04. The van der Waals surface area contributed by atoms with Gasteiger partial charge in [-0.1, -0.05) is 6.07 Å². The smallest absolute Gasteiger partial charge is 0.350 e. The van der Waals surface area contributed by atoms with Crippen molar-refractivity contribution >= 4 is 5.69 Å². The van der Waals surface area contributed by atoms with Crippen molar-refractivity contribution in [2.24, 2.45) is 0 Å². The molecule has 78 valence electrons. The summed E-state index contributed by atoms with van der Waals surface area (Å²) in [5, 5.41) is 3.97. The molecule has 2 rings (SSSR count). The third kappa shape index (κ3) is 1.63. The second-order valence-electron chi connectivity index (χ2n) is 3.19. The van der Waals surface area contributed by atoms with Gasteiger partial charge in [0.05, 0.1) is 5.69 Å². The van der Waals surface area contributed by atoms with Crippen LogP contribution in [0.3, 0.4) is 0 Å². The molecular formula is C10H12N4O. The molecule has 0 bridgehead atoms. The zero-order chi connectivity index (χ0) is 10.8. The fraction of sp³-hybridized carbons (Fsp3) is 0.200. The molecule has 0 aliphatic carbocycles. The lowest BCUT2D eigenvalue weighted by molar-refractivity contribution is 0.629.